The molecule has 0 heterocycles. The second-order valence-electron chi connectivity index (χ2n) is 9.66. The van der Waals surface area contributed by atoms with E-state index in [9.17, 15) is 15.3 Å². The van der Waals surface area contributed by atoms with Gasteiger partial charge in [0.2, 0.25) is 0 Å². The molecule has 0 saturated heterocycles. The van der Waals surface area contributed by atoms with Gasteiger partial charge in [-0.05, 0) is 68.4 Å². The molecule has 0 aromatic heterocycles. The highest BCUT2D eigenvalue weighted by molar-refractivity contribution is 7.99. The number of allylic oxidation sites excluding steroid dienone is 4. The number of rotatable bonds is 5. The van der Waals surface area contributed by atoms with Gasteiger partial charge in [-0.2, -0.15) is 11.8 Å². The van der Waals surface area contributed by atoms with Crippen LogP contribution in [0.4, 0.5) is 0 Å². The fraction of sp³-hybridized carbons (Fsp3) is 0.667. The second-order valence-corrected chi connectivity index (χ2v) is 10.6. The molecule has 0 aromatic carbocycles. The summed E-state index contributed by atoms with van der Waals surface area (Å²) >= 11 is 1.83. The Morgan fingerprint density at radius 3 is 2.79 bits per heavy atom. The van der Waals surface area contributed by atoms with Gasteiger partial charge in [-0.25, -0.2) is 0 Å². The highest BCUT2D eigenvalue weighted by Gasteiger charge is 2.44. The second kappa shape index (κ2) is 8.51. The van der Waals surface area contributed by atoms with Crippen molar-refractivity contribution in [1.29, 1.82) is 0 Å². The zero-order valence-corrected chi connectivity index (χ0v) is 18.4. The molecule has 2 saturated carbocycles. The SMILES string of the molecule is C=C1C(=CC=C2CCC[C@]3(C)C(CSCC(C)(C)O)=CC[C@@H]23)C[C@@H](O)C[C@@H]1O. The monoisotopic (exact) mass is 404 g/mol. The molecule has 0 spiro atoms. The summed E-state index contributed by atoms with van der Waals surface area (Å²) in [5.41, 5.74) is 4.37. The van der Waals surface area contributed by atoms with Gasteiger partial charge in [-0.15, -0.1) is 0 Å². The van der Waals surface area contributed by atoms with Crippen molar-refractivity contribution in [3.63, 3.8) is 0 Å². The van der Waals surface area contributed by atoms with Crippen molar-refractivity contribution in [2.45, 2.75) is 77.1 Å². The predicted octanol–water partition coefficient (Wildman–Crippen LogP) is 4.55. The van der Waals surface area contributed by atoms with Crippen molar-refractivity contribution in [1.82, 2.24) is 0 Å². The fourth-order valence-electron chi connectivity index (χ4n) is 5.01. The smallest absolute Gasteiger partial charge is 0.0811 e. The lowest BCUT2D eigenvalue weighted by Gasteiger charge is -2.41. The summed E-state index contributed by atoms with van der Waals surface area (Å²) in [6.07, 6.45) is 11.3. The van der Waals surface area contributed by atoms with Gasteiger partial charge in [-0.3, -0.25) is 0 Å². The summed E-state index contributed by atoms with van der Waals surface area (Å²) in [4.78, 5) is 0. The number of hydrogen-bond acceptors (Lipinski definition) is 4. The minimum Gasteiger partial charge on any atom is -0.393 e. The number of thioether (sulfide) groups is 1. The highest BCUT2D eigenvalue weighted by Crippen LogP contribution is 2.55. The number of aliphatic hydroxyl groups excluding tert-OH is 2. The van der Waals surface area contributed by atoms with Crippen LogP contribution >= 0.6 is 11.8 Å². The number of aliphatic hydroxyl groups is 3. The Morgan fingerprint density at radius 2 is 2.07 bits per heavy atom. The van der Waals surface area contributed by atoms with E-state index >= 15 is 0 Å². The normalized spacial score (nSPS) is 36.7. The molecular weight excluding hydrogens is 368 g/mol. The number of fused-ring (bicyclic) bond motifs is 1. The van der Waals surface area contributed by atoms with E-state index in [4.69, 9.17) is 0 Å². The summed E-state index contributed by atoms with van der Waals surface area (Å²) in [6, 6.07) is 0. The molecule has 3 nitrogen and oxygen atoms in total. The lowest BCUT2D eigenvalue weighted by molar-refractivity contribution is 0.0862. The zero-order valence-electron chi connectivity index (χ0n) is 17.6. The van der Waals surface area contributed by atoms with E-state index in [2.05, 4.69) is 31.7 Å². The summed E-state index contributed by atoms with van der Waals surface area (Å²) in [6.45, 7) is 10.2. The molecule has 4 atom stereocenters. The minimum atomic E-state index is -0.627. The van der Waals surface area contributed by atoms with Gasteiger partial charge in [0.25, 0.3) is 0 Å². The van der Waals surface area contributed by atoms with Crippen LogP contribution in [0.5, 0.6) is 0 Å². The maximum Gasteiger partial charge on any atom is 0.0811 e. The van der Waals surface area contributed by atoms with Crippen molar-refractivity contribution < 1.29 is 15.3 Å². The van der Waals surface area contributed by atoms with Gasteiger partial charge in [-0.1, -0.05) is 42.9 Å². The molecule has 0 radical (unpaired) electrons. The number of hydrogen-bond donors (Lipinski definition) is 3. The molecule has 28 heavy (non-hydrogen) atoms. The largest absolute Gasteiger partial charge is 0.393 e. The average molecular weight is 405 g/mol. The fourth-order valence-corrected chi connectivity index (χ4v) is 6.27. The molecule has 0 bridgehead atoms. The van der Waals surface area contributed by atoms with Crippen molar-refractivity contribution in [2.75, 3.05) is 11.5 Å². The third-order valence-electron chi connectivity index (χ3n) is 6.69. The molecule has 3 N–H and O–H groups in total. The average Bonchev–Trinajstić information content (AvgIpc) is 2.93. The van der Waals surface area contributed by atoms with Crippen LogP contribution in [0.2, 0.25) is 0 Å². The molecule has 0 aromatic rings. The first-order valence-corrected chi connectivity index (χ1v) is 11.7. The van der Waals surface area contributed by atoms with Gasteiger partial charge in [0.05, 0.1) is 17.8 Å². The molecule has 0 amide bonds. The van der Waals surface area contributed by atoms with E-state index in [0.717, 1.165) is 35.5 Å². The standard InChI is InChI=1S/C24H36O3S/c1-16-18(12-20(25)13-22(16)26)8-7-17-6-5-11-24(4)19(9-10-21(17)24)14-28-15-23(2,3)27/h7-9,20-22,25-27H,1,5-6,10-15H2,2-4H3/t20-,21+,22+,24-/m1/s1. The first-order chi connectivity index (χ1) is 13.1. The predicted molar refractivity (Wildman–Crippen MR) is 118 cm³/mol. The Labute approximate surface area is 174 Å². The Balaban J connectivity index is 1.71. The van der Waals surface area contributed by atoms with Gasteiger partial charge < -0.3 is 15.3 Å². The molecule has 3 rings (SSSR count). The van der Waals surface area contributed by atoms with Crippen LogP contribution in [0.1, 0.15) is 59.3 Å². The van der Waals surface area contributed by atoms with Gasteiger partial charge >= 0.3 is 0 Å². The third-order valence-corrected chi connectivity index (χ3v) is 8.11. The van der Waals surface area contributed by atoms with E-state index in [1.54, 1.807) is 0 Å². The van der Waals surface area contributed by atoms with E-state index in [0.29, 0.717) is 18.8 Å². The summed E-state index contributed by atoms with van der Waals surface area (Å²) in [7, 11) is 0. The van der Waals surface area contributed by atoms with Crippen LogP contribution in [-0.2, 0) is 0 Å². The Kier molecular flexibility index (Phi) is 6.65. The lowest BCUT2D eigenvalue weighted by Crippen LogP contribution is -2.31. The third kappa shape index (κ3) is 4.84. The van der Waals surface area contributed by atoms with E-state index in [-0.39, 0.29) is 5.41 Å². The highest BCUT2D eigenvalue weighted by atomic mass is 32.2. The summed E-state index contributed by atoms with van der Waals surface area (Å²) in [5.74, 6) is 2.30. The van der Waals surface area contributed by atoms with E-state index in [1.807, 2.05) is 25.6 Å². The Morgan fingerprint density at radius 1 is 1.32 bits per heavy atom. The van der Waals surface area contributed by atoms with Gasteiger partial charge in [0, 0.05) is 17.9 Å². The molecule has 0 aliphatic heterocycles. The van der Waals surface area contributed by atoms with Crippen LogP contribution in [0.25, 0.3) is 0 Å². The van der Waals surface area contributed by atoms with Crippen LogP contribution in [0.3, 0.4) is 0 Å². The van der Waals surface area contributed by atoms with E-state index in [1.165, 1.54) is 24.0 Å². The van der Waals surface area contributed by atoms with Crippen LogP contribution < -0.4 is 0 Å². The van der Waals surface area contributed by atoms with Crippen LogP contribution in [0.15, 0.2) is 47.1 Å². The molecule has 2 fully saturated rings. The van der Waals surface area contributed by atoms with Crippen molar-refractivity contribution in [3.05, 3.63) is 47.1 Å². The van der Waals surface area contributed by atoms with Gasteiger partial charge in [0.15, 0.2) is 0 Å². The minimum absolute atomic E-state index is 0.220. The molecular formula is C24H36O3S. The first kappa shape index (κ1) is 21.9. The molecule has 0 unspecified atom stereocenters. The maximum atomic E-state index is 10.1. The molecule has 156 valence electrons. The summed E-state index contributed by atoms with van der Waals surface area (Å²) in [5, 5.41) is 30.0. The maximum absolute atomic E-state index is 10.1. The Hall–Kier alpha value is -0.810. The van der Waals surface area contributed by atoms with Crippen molar-refractivity contribution >= 4 is 11.8 Å². The van der Waals surface area contributed by atoms with Crippen molar-refractivity contribution in [3.8, 4) is 0 Å². The Bertz CT molecular complexity index is 697. The van der Waals surface area contributed by atoms with Crippen LogP contribution in [-0.4, -0.2) is 44.6 Å². The van der Waals surface area contributed by atoms with Crippen LogP contribution in [0, 0.1) is 11.3 Å². The molecule has 3 aliphatic carbocycles. The van der Waals surface area contributed by atoms with E-state index < -0.39 is 17.8 Å². The lowest BCUT2D eigenvalue weighted by atomic mass is 9.64. The topological polar surface area (TPSA) is 60.7 Å². The van der Waals surface area contributed by atoms with Crippen molar-refractivity contribution in [2.24, 2.45) is 11.3 Å². The quantitative estimate of drug-likeness (QED) is 0.588. The molecule has 4 heteroatoms. The molecule has 3 aliphatic rings. The zero-order chi connectivity index (χ0) is 20.5. The summed E-state index contributed by atoms with van der Waals surface area (Å²) < 4.78 is 0. The first-order valence-electron chi connectivity index (χ1n) is 10.5. The van der Waals surface area contributed by atoms with Gasteiger partial charge in [0.1, 0.15) is 0 Å².